The monoisotopic (exact) mass is 341 g/mol. The Balaban J connectivity index is 1.54. The quantitative estimate of drug-likeness (QED) is 0.820. The van der Waals surface area contributed by atoms with Crippen LogP contribution in [0.1, 0.15) is 44.7 Å². The Labute approximate surface area is 149 Å². The highest BCUT2D eigenvalue weighted by molar-refractivity contribution is 5.90. The first-order valence-electron chi connectivity index (χ1n) is 9.17. The highest BCUT2D eigenvalue weighted by Gasteiger charge is 2.35. The molecule has 1 aliphatic heterocycles. The van der Waals surface area contributed by atoms with E-state index in [1.54, 1.807) is 0 Å². The molecule has 0 saturated carbocycles. The number of carbonyl (C=O) groups is 2. The molecule has 1 fully saturated rings. The second-order valence-electron chi connectivity index (χ2n) is 7.06. The van der Waals surface area contributed by atoms with Crippen molar-refractivity contribution in [2.45, 2.75) is 39.2 Å². The van der Waals surface area contributed by atoms with E-state index in [4.69, 9.17) is 0 Å². The van der Waals surface area contributed by atoms with Crippen LogP contribution in [-0.4, -0.2) is 29.9 Å². The van der Waals surface area contributed by atoms with Gasteiger partial charge in [0.05, 0.1) is 6.04 Å². The van der Waals surface area contributed by atoms with Gasteiger partial charge in [0.15, 0.2) is 0 Å². The van der Waals surface area contributed by atoms with E-state index in [9.17, 15) is 9.59 Å². The molecule has 0 aromatic heterocycles. The molecule has 5 heteroatoms. The SMILES string of the molecule is CCC(=O)Nc1ccc(C(C)NC(=O)N2CC3CC=CCC3C2)cc1. The van der Waals surface area contributed by atoms with Crippen molar-refractivity contribution in [3.63, 3.8) is 0 Å². The van der Waals surface area contributed by atoms with Gasteiger partial charge in [-0.25, -0.2) is 4.79 Å². The minimum Gasteiger partial charge on any atom is -0.331 e. The fourth-order valence-electron chi connectivity index (χ4n) is 3.64. The topological polar surface area (TPSA) is 61.4 Å². The van der Waals surface area contributed by atoms with Crippen LogP contribution in [-0.2, 0) is 4.79 Å². The molecule has 25 heavy (non-hydrogen) atoms. The molecule has 2 aliphatic rings. The zero-order chi connectivity index (χ0) is 17.8. The summed E-state index contributed by atoms with van der Waals surface area (Å²) in [6.45, 7) is 5.53. The summed E-state index contributed by atoms with van der Waals surface area (Å²) >= 11 is 0. The van der Waals surface area contributed by atoms with Crippen LogP contribution in [0.3, 0.4) is 0 Å². The van der Waals surface area contributed by atoms with Gasteiger partial charge in [-0.1, -0.05) is 31.2 Å². The predicted molar refractivity (Wildman–Crippen MR) is 99.2 cm³/mol. The number of nitrogens with zero attached hydrogens (tertiary/aromatic N) is 1. The third-order valence-electron chi connectivity index (χ3n) is 5.26. The van der Waals surface area contributed by atoms with Crippen molar-refractivity contribution in [3.8, 4) is 0 Å². The van der Waals surface area contributed by atoms with Gasteiger partial charge in [0, 0.05) is 25.2 Å². The molecule has 134 valence electrons. The van der Waals surface area contributed by atoms with Gasteiger partial charge in [0.2, 0.25) is 5.91 Å². The zero-order valence-electron chi connectivity index (χ0n) is 15.0. The standard InChI is InChI=1S/C20H27N3O2/c1-3-19(24)22-18-10-8-15(9-11-18)14(2)21-20(25)23-12-16-6-4-5-7-17(16)13-23/h4-5,8-11,14,16-17H,3,6-7,12-13H2,1-2H3,(H,21,25)(H,22,24). The van der Waals surface area contributed by atoms with Crippen molar-refractivity contribution in [2.75, 3.05) is 18.4 Å². The molecule has 0 bridgehead atoms. The number of urea groups is 1. The van der Waals surface area contributed by atoms with Crippen LogP contribution in [0.25, 0.3) is 0 Å². The molecule has 3 unspecified atom stereocenters. The van der Waals surface area contributed by atoms with Crippen LogP contribution < -0.4 is 10.6 Å². The smallest absolute Gasteiger partial charge is 0.317 e. The Morgan fingerprint density at radius 1 is 1.12 bits per heavy atom. The summed E-state index contributed by atoms with van der Waals surface area (Å²) in [6, 6.07) is 7.60. The number of allylic oxidation sites excluding steroid dienone is 2. The summed E-state index contributed by atoms with van der Waals surface area (Å²) in [4.78, 5) is 25.9. The van der Waals surface area contributed by atoms with Gasteiger partial charge < -0.3 is 15.5 Å². The van der Waals surface area contributed by atoms with E-state index in [2.05, 4.69) is 22.8 Å². The first-order chi connectivity index (χ1) is 12.1. The van der Waals surface area contributed by atoms with E-state index >= 15 is 0 Å². The maximum Gasteiger partial charge on any atom is 0.317 e. The Morgan fingerprint density at radius 3 is 2.28 bits per heavy atom. The number of anilines is 1. The van der Waals surface area contributed by atoms with Gasteiger partial charge in [0.1, 0.15) is 0 Å². The number of hydrogen-bond donors (Lipinski definition) is 2. The molecule has 1 saturated heterocycles. The summed E-state index contributed by atoms with van der Waals surface area (Å²) < 4.78 is 0. The molecule has 0 spiro atoms. The molecule has 1 aromatic carbocycles. The summed E-state index contributed by atoms with van der Waals surface area (Å²) in [6.07, 6.45) is 7.12. The lowest BCUT2D eigenvalue weighted by molar-refractivity contribution is -0.115. The molecular formula is C20H27N3O2. The van der Waals surface area contributed by atoms with E-state index in [1.807, 2.05) is 43.0 Å². The molecule has 1 heterocycles. The van der Waals surface area contributed by atoms with Gasteiger partial charge in [-0.05, 0) is 49.3 Å². The Kier molecular flexibility index (Phi) is 5.41. The van der Waals surface area contributed by atoms with E-state index < -0.39 is 0 Å². The average molecular weight is 341 g/mol. The fourth-order valence-corrected chi connectivity index (χ4v) is 3.64. The van der Waals surface area contributed by atoms with Crippen molar-refractivity contribution in [3.05, 3.63) is 42.0 Å². The van der Waals surface area contributed by atoms with Gasteiger partial charge in [-0.2, -0.15) is 0 Å². The predicted octanol–water partition coefficient (Wildman–Crippen LogP) is 3.70. The molecule has 3 rings (SSSR count). The number of rotatable bonds is 4. The fraction of sp³-hybridized carbons (Fsp3) is 0.500. The van der Waals surface area contributed by atoms with Gasteiger partial charge in [-0.15, -0.1) is 0 Å². The molecule has 3 atom stereocenters. The average Bonchev–Trinajstić information content (AvgIpc) is 3.06. The molecule has 5 nitrogen and oxygen atoms in total. The van der Waals surface area contributed by atoms with Crippen LogP contribution in [0.15, 0.2) is 36.4 Å². The maximum absolute atomic E-state index is 12.6. The van der Waals surface area contributed by atoms with Gasteiger partial charge in [0.25, 0.3) is 0 Å². The van der Waals surface area contributed by atoms with Crippen LogP contribution in [0.2, 0.25) is 0 Å². The van der Waals surface area contributed by atoms with Crippen molar-refractivity contribution in [1.82, 2.24) is 10.2 Å². The second-order valence-corrected chi connectivity index (χ2v) is 7.06. The van der Waals surface area contributed by atoms with Crippen LogP contribution in [0.5, 0.6) is 0 Å². The minimum atomic E-state index is -0.0656. The number of amides is 3. The number of benzene rings is 1. The van der Waals surface area contributed by atoms with Crippen molar-refractivity contribution < 1.29 is 9.59 Å². The Morgan fingerprint density at radius 2 is 1.72 bits per heavy atom. The lowest BCUT2D eigenvalue weighted by atomic mass is 9.86. The summed E-state index contributed by atoms with van der Waals surface area (Å²) in [5.41, 5.74) is 1.81. The first kappa shape index (κ1) is 17.5. The highest BCUT2D eigenvalue weighted by Crippen LogP contribution is 2.32. The largest absolute Gasteiger partial charge is 0.331 e. The van der Waals surface area contributed by atoms with Crippen LogP contribution in [0, 0.1) is 11.8 Å². The Bertz CT molecular complexity index is 637. The molecule has 1 aromatic rings. The highest BCUT2D eigenvalue weighted by atomic mass is 16.2. The van der Waals surface area contributed by atoms with E-state index in [-0.39, 0.29) is 18.0 Å². The summed E-state index contributed by atoms with van der Waals surface area (Å²) in [5.74, 6) is 1.24. The van der Waals surface area contributed by atoms with Gasteiger partial charge in [-0.3, -0.25) is 4.79 Å². The summed E-state index contributed by atoms with van der Waals surface area (Å²) in [5, 5.41) is 5.93. The van der Waals surface area contributed by atoms with E-state index in [1.165, 1.54) is 0 Å². The maximum atomic E-state index is 12.6. The normalized spacial score (nSPS) is 23.0. The number of nitrogens with one attached hydrogen (secondary N) is 2. The second kappa shape index (κ2) is 7.72. The lowest BCUT2D eigenvalue weighted by Crippen LogP contribution is -2.39. The molecular weight excluding hydrogens is 314 g/mol. The third-order valence-corrected chi connectivity index (χ3v) is 5.26. The Hall–Kier alpha value is -2.30. The van der Waals surface area contributed by atoms with Crippen LogP contribution >= 0.6 is 0 Å². The number of carbonyl (C=O) groups excluding carboxylic acids is 2. The molecule has 3 amide bonds. The van der Waals surface area contributed by atoms with E-state index in [0.717, 1.165) is 37.2 Å². The summed E-state index contributed by atoms with van der Waals surface area (Å²) in [7, 11) is 0. The van der Waals surface area contributed by atoms with Gasteiger partial charge >= 0.3 is 6.03 Å². The zero-order valence-corrected chi connectivity index (χ0v) is 15.0. The molecule has 1 aliphatic carbocycles. The number of fused-ring (bicyclic) bond motifs is 1. The van der Waals surface area contributed by atoms with Crippen molar-refractivity contribution in [1.29, 1.82) is 0 Å². The molecule has 0 radical (unpaired) electrons. The minimum absolute atomic E-state index is 0.000841. The van der Waals surface area contributed by atoms with Crippen LogP contribution in [0.4, 0.5) is 10.5 Å². The first-order valence-corrected chi connectivity index (χ1v) is 9.17. The number of hydrogen-bond acceptors (Lipinski definition) is 2. The number of likely N-dealkylation sites (tertiary alicyclic amines) is 1. The van der Waals surface area contributed by atoms with E-state index in [0.29, 0.717) is 18.3 Å². The molecule has 2 N–H and O–H groups in total. The lowest BCUT2D eigenvalue weighted by Gasteiger charge is -2.21. The van der Waals surface area contributed by atoms with Crippen molar-refractivity contribution in [2.24, 2.45) is 11.8 Å². The van der Waals surface area contributed by atoms with Crippen molar-refractivity contribution >= 4 is 17.6 Å². The third kappa shape index (κ3) is 4.21.